The Morgan fingerprint density at radius 1 is 1.17 bits per heavy atom. The normalized spacial score (nSPS) is 17.0. The average Bonchev–Trinajstić information content (AvgIpc) is 3.09. The first-order valence-electron chi connectivity index (χ1n) is 10.1. The first-order chi connectivity index (χ1) is 14.5. The Morgan fingerprint density at radius 3 is 2.50 bits per heavy atom. The van der Waals surface area contributed by atoms with E-state index in [0.29, 0.717) is 24.4 Å². The minimum atomic E-state index is -0.524. The molecule has 0 bridgehead atoms. The van der Waals surface area contributed by atoms with E-state index < -0.39 is 6.10 Å². The summed E-state index contributed by atoms with van der Waals surface area (Å²) < 4.78 is 0. The van der Waals surface area contributed by atoms with Gasteiger partial charge in [0.1, 0.15) is 11.8 Å². The highest BCUT2D eigenvalue weighted by molar-refractivity contribution is 5.94. The van der Waals surface area contributed by atoms with Crippen molar-refractivity contribution in [3.05, 3.63) is 82.7 Å². The van der Waals surface area contributed by atoms with Gasteiger partial charge in [-0.3, -0.25) is 4.79 Å². The third kappa shape index (κ3) is 5.60. The van der Waals surface area contributed by atoms with Gasteiger partial charge >= 0.3 is 0 Å². The summed E-state index contributed by atoms with van der Waals surface area (Å²) in [6.45, 7) is 3.38. The molecule has 1 heterocycles. The van der Waals surface area contributed by atoms with E-state index in [1.54, 1.807) is 18.9 Å². The maximum absolute atomic E-state index is 12.6. The fourth-order valence-electron chi connectivity index (χ4n) is 3.38. The topological polar surface area (TPSA) is 96.9 Å². The smallest absolute Gasteiger partial charge is 0.253 e. The van der Waals surface area contributed by atoms with Crippen molar-refractivity contribution < 1.29 is 15.0 Å². The predicted molar refractivity (Wildman–Crippen MR) is 117 cm³/mol. The molecule has 30 heavy (non-hydrogen) atoms. The molecule has 2 atom stereocenters. The van der Waals surface area contributed by atoms with Crippen molar-refractivity contribution in [3.63, 3.8) is 0 Å². The van der Waals surface area contributed by atoms with Crippen LogP contribution >= 0.6 is 0 Å². The van der Waals surface area contributed by atoms with E-state index in [-0.39, 0.29) is 17.7 Å². The minimum absolute atomic E-state index is 0.0928. The van der Waals surface area contributed by atoms with Crippen molar-refractivity contribution in [2.24, 2.45) is 0 Å². The molecule has 1 aliphatic rings. The minimum Gasteiger partial charge on any atom is -0.509 e. The molecule has 0 fully saturated rings. The molecule has 1 amide bonds. The second-order valence-electron chi connectivity index (χ2n) is 7.60. The van der Waals surface area contributed by atoms with Crippen molar-refractivity contribution in [1.29, 1.82) is 0 Å². The van der Waals surface area contributed by atoms with E-state index in [9.17, 15) is 15.0 Å². The first-order valence-corrected chi connectivity index (χ1v) is 10.1. The van der Waals surface area contributed by atoms with Crippen LogP contribution in [0, 0.1) is 0 Å². The van der Waals surface area contributed by atoms with E-state index in [1.807, 2.05) is 54.6 Å². The van der Waals surface area contributed by atoms with Crippen LogP contribution in [0.5, 0.6) is 0 Å². The van der Waals surface area contributed by atoms with Crippen LogP contribution in [0.15, 0.2) is 66.1 Å². The molecule has 0 spiro atoms. The summed E-state index contributed by atoms with van der Waals surface area (Å²) in [7, 11) is 1.72. The van der Waals surface area contributed by atoms with E-state index in [1.165, 1.54) is 0 Å². The number of carbonyl (C=O) groups excluding carboxylic acids is 1. The molecule has 160 valence electrons. The van der Waals surface area contributed by atoms with Gasteiger partial charge in [0.2, 0.25) is 0 Å². The summed E-state index contributed by atoms with van der Waals surface area (Å²) in [5.74, 6) is 0.139. The van der Waals surface area contributed by atoms with Gasteiger partial charge in [-0.1, -0.05) is 42.5 Å². The molecular weight excluding hydrogens is 380 g/mol. The van der Waals surface area contributed by atoms with Gasteiger partial charge in [0.05, 0.1) is 11.8 Å². The van der Waals surface area contributed by atoms with E-state index in [0.717, 1.165) is 24.1 Å². The number of hydrazine groups is 1. The third-order valence-electron chi connectivity index (χ3n) is 5.26. The number of likely N-dealkylation sites (N-methyl/N-ethyl adjacent to an activating group) is 1. The monoisotopic (exact) mass is 410 g/mol. The highest BCUT2D eigenvalue weighted by Crippen LogP contribution is 2.13. The zero-order valence-electron chi connectivity index (χ0n) is 17.4. The van der Waals surface area contributed by atoms with Crippen molar-refractivity contribution in [1.82, 2.24) is 21.1 Å². The summed E-state index contributed by atoms with van der Waals surface area (Å²) in [6.07, 6.45) is 0.283. The van der Waals surface area contributed by atoms with Gasteiger partial charge in [0.25, 0.3) is 5.91 Å². The number of aliphatic hydroxyl groups is 2. The number of hydrogen-bond donors (Lipinski definition) is 5. The SMILES string of the molecule is CC1=C(O)C(CN(C)C(=O)c2ccc(CCNCC(O)c3ccccc3)cc2)NN1. The fourth-order valence-corrected chi connectivity index (χ4v) is 3.38. The summed E-state index contributed by atoms with van der Waals surface area (Å²) in [5.41, 5.74) is 9.14. The van der Waals surface area contributed by atoms with Gasteiger partial charge in [0, 0.05) is 25.7 Å². The number of carbonyl (C=O) groups is 1. The highest BCUT2D eigenvalue weighted by atomic mass is 16.3. The number of allylic oxidation sites excluding steroid dienone is 1. The molecule has 1 aliphatic heterocycles. The Hall–Kier alpha value is -2.87. The lowest BCUT2D eigenvalue weighted by atomic mass is 10.1. The van der Waals surface area contributed by atoms with Crippen molar-refractivity contribution in [3.8, 4) is 0 Å². The van der Waals surface area contributed by atoms with Crippen LogP contribution < -0.4 is 16.2 Å². The van der Waals surface area contributed by atoms with Crippen LogP contribution in [0.25, 0.3) is 0 Å². The predicted octanol–water partition coefficient (Wildman–Crippen LogP) is 1.89. The molecule has 0 aromatic heterocycles. The van der Waals surface area contributed by atoms with Crippen molar-refractivity contribution in [2.75, 3.05) is 26.7 Å². The molecule has 0 saturated heterocycles. The Kier molecular flexibility index (Phi) is 7.46. The molecule has 7 heteroatoms. The maximum atomic E-state index is 12.6. The van der Waals surface area contributed by atoms with Crippen LogP contribution in [0.2, 0.25) is 0 Å². The van der Waals surface area contributed by atoms with Gasteiger partial charge in [-0.25, -0.2) is 5.43 Å². The maximum Gasteiger partial charge on any atom is 0.253 e. The number of nitrogens with zero attached hydrogens (tertiary/aromatic N) is 1. The molecule has 7 nitrogen and oxygen atoms in total. The summed E-state index contributed by atoms with van der Waals surface area (Å²) in [4.78, 5) is 14.2. The average molecular weight is 411 g/mol. The summed E-state index contributed by atoms with van der Waals surface area (Å²) in [6, 6.07) is 16.8. The number of rotatable bonds is 9. The number of benzene rings is 2. The standard InChI is InChI=1S/C23H30N4O3/c1-16-22(29)20(26-25-16)15-27(2)23(30)19-10-8-17(9-11-19)12-13-24-14-21(28)18-6-4-3-5-7-18/h3-11,20-21,24-26,28-29H,12-15H2,1-2H3. The van der Waals surface area contributed by atoms with Gasteiger partial charge in [-0.05, 0) is 43.1 Å². The summed E-state index contributed by atoms with van der Waals surface area (Å²) in [5, 5.41) is 23.4. The molecule has 0 saturated carbocycles. The Balaban J connectivity index is 1.43. The molecule has 5 N–H and O–H groups in total. The first kappa shape index (κ1) is 21.8. The fraction of sp³-hybridized carbons (Fsp3) is 0.348. The number of nitrogens with one attached hydrogen (secondary N) is 3. The second kappa shape index (κ2) is 10.2. The van der Waals surface area contributed by atoms with Gasteiger partial charge in [-0.15, -0.1) is 0 Å². The van der Waals surface area contributed by atoms with Crippen LogP contribution in [-0.2, 0) is 6.42 Å². The molecule has 3 rings (SSSR count). The number of amides is 1. The number of aliphatic hydroxyl groups excluding tert-OH is 2. The molecule has 2 aromatic carbocycles. The Bertz CT molecular complexity index is 868. The van der Waals surface area contributed by atoms with Crippen LogP contribution in [0.4, 0.5) is 0 Å². The van der Waals surface area contributed by atoms with Gasteiger partial charge < -0.3 is 25.9 Å². The largest absolute Gasteiger partial charge is 0.509 e. The molecule has 2 aromatic rings. The third-order valence-corrected chi connectivity index (χ3v) is 5.26. The molecular formula is C23H30N4O3. The Morgan fingerprint density at radius 2 is 1.87 bits per heavy atom. The van der Waals surface area contributed by atoms with Crippen molar-refractivity contribution in [2.45, 2.75) is 25.5 Å². The number of hydrogen-bond acceptors (Lipinski definition) is 6. The molecule has 2 unspecified atom stereocenters. The lowest BCUT2D eigenvalue weighted by Crippen LogP contribution is -2.43. The van der Waals surface area contributed by atoms with E-state index in [4.69, 9.17) is 0 Å². The lowest BCUT2D eigenvalue weighted by Gasteiger charge is -2.21. The van der Waals surface area contributed by atoms with E-state index in [2.05, 4.69) is 16.2 Å². The zero-order valence-corrected chi connectivity index (χ0v) is 17.4. The summed E-state index contributed by atoms with van der Waals surface area (Å²) >= 11 is 0. The van der Waals surface area contributed by atoms with Crippen LogP contribution in [-0.4, -0.2) is 53.7 Å². The van der Waals surface area contributed by atoms with Crippen molar-refractivity contribution >= 4 is 5.91 Å². The van der Waals surface area contributed by atoms with E-state index >= 15 is 0 Å². The molecule has 0 aliphatic carbocycles. The second-order valence-corrected chi connectivity index (χ2v) is 7.60. The van der Waals surface area contributed by atoms with Gasteiger partial charge in [0.15, 0.2) is 0 Å². The van der Waals surface area contributed by atoms with Crippen LogP contribution in [0.1, 0.15) is 34.5 Å². The Labute approximate surface area is 177 Å². The zero-order chi connectivity index (χ0) is 21.5. The lowest BCUT2D eigenvalue weighted by molar-refractivity contribution is 0.0781. The highest BCUT2D eigenvalue weighted by Gasteiger charge is 2.25. The molecule has 0 radical (unpaired) electrons. The quantitative estimate of drug-likeness (QED) is 0.405. The van der Waals surface area contributed by atoms with Crippen LogP contribution in [0.3, 0.4) is 0 Å². The van der Waals surface area contributed by atoms with Gasteiger partial charge in [-0.2, -0.15) is 0 Å².